The van der Waals surface area contributed by atoms with Crippen LogP contribution in [0, 0.1) is 6.92 Å². The maximum atomic E-state index is 11.9. The van der Waals surface area contributed by atoms with Crippen LogP contribution in [0.5, 0.6) is 0 Å². The first-order valence-electron chi connectivity index (χ1n) is 6.82. The zero-order chi connectivity index (χ0) is 16.1. The van der Waals surface area contributed by atoms with E-state index in [1.807, 2.05) is 19.1 Å². The molecule has 0 atom stereocenters. The van der Waals surface area contributed by atoms with Gasteiger partial charge in [-0.3, -0.25) is 9.59 Å². The van der Waals surface area contributed by atoms with Crippen molar-refractivity contribution in [1.82, 2.24) is 0 Å². The monoisotopic (exact) mass is 313 g/mol. The van der Waals surface area contributed by atoms with Crippen molar-refractivity contribution in [3.8, 4) is 0 Å². The van der Waals surface area contributed by atoms with E-state index in [2.05, 4.69) is 5.32 Å². The van der Waals surface area contributed by atoms with Crippen LogP contribution in [0.3, 0.4) is 0 Å². The van der Waals surface area contributed by atoms with E-state index in [0.29, 0.717) is 16.3 Å². The standard InChI is InChI=1S/C18H16ClNO2/c1-12-6-7-14(10-17(12)19)8-9-18(22)20-16-5-3-4-15(11-16)13(2)21/h3-11H,1-2H3,(H,20,22)/b9-8+. The highest BCUT2D eigenvalue weighted by Crippen LogP contribution is 2.17. The first kappa shape index (κ1) is 16.0. The van der Waals surface area contributed by atoms with Gasteiger partial charge in [-0.25, -0.2) is 0 Å². The first-order chi connectivity index (χ1) is 10.5. The Morgan fingerprint density at radius 2 is 1.91 bits per heavy atom. The number of benzene rings is 2. The number of anilines is 1. The van der Waals surface area contributed by atoms with Crippen LogP contribution < -0.4 is 5.32 Å². The smallest absolute Gasteiger partial charge is 0.248 e. The summed E-state index contributed by atoms with van der Waals surface area (Å²) < 4.78 is 0. The number of Topliss-reactive ketones (excluding diaryl/α,β-unsaturated/α-hetero) is 1. The van der Waals surface area contributed by atoms with Gasteiger partial charge in [0, 0.05) is 22.3 Å². The molecule has 0 bridgehead atoms. The molecule has 0 heterocycles. The summed E-state index contributed by atoms with van der Waals surface area (Å²) in [6, 6.07) is 12.4. The molecule has 1 N–H and O–H groups in total. The molecule has 0 saturated carbocycles. The van der Waals surface area contributed by atoms with E-state index in [1.165, 1.54) is 13.0 Å². The molecular formula is C18H16ClNO2. The minimum absolute atomic E-state index is 0.0408. The minimum atomic E-state index is -0.266. The quantitative estimate of drug-likeness (QED) is 0.667. The summed E-state index contributed by atoms with van der Waals surface area (Å²) in [4.78, 5) is 23.2. The molecule has 0 saturated heterocycles. The van der Waals surface area contributed by atoms with E-state index in [0.717, 1.165) is 11.1 Å². The fraction of sp³-hybridized carbons (Fsp3) is 0.111. The third-order valence-electron chi connectivity index (χ3n) is 3.16. The Labute approximate surface area is 134 Å². The van der Waals surface area contributed by atoms with Crippen LogP contribution in [0.15, 0.2) is 48.5 Å². The minimum Gasteiger partial charge on any atom is -0.322 e. The summed E-state index contributed by atoms with van der Waals surface area (Å²) in [6.45, 7) is 3.41. The summed E-state index contributed by atoms with van der Waals surface area (Å²) in [7, 11) is 0. The fourth-order valence-corrected chi connectivity index (χ4v) is 2.07. The predicted octanol–water partition coefficient (Wildman–Crippen LogP) is 4.50. The van der Waals surface area contributed by atoms with Crippen molar-refractivity contribution in [3.05, 3.63) is 70.3 Å². The van der Waals surface area contributed by atoms with Gasteiger partial charge in [-0.2, -0.15) is 0 Å². The molecule has 0 aliphatic heterocycles. The molecular weight excluding hydrogens is 298 g/mol. The zero-order valence-corrected chi connectivity index (χ0v) is 13.1. The van der Waals surface area contributed by atoms with Crippen LogP contribution in [-0.4, -0.2) is 11.7 Å². The molecule has 2 aromatic carbocycles. The van der Waals surface area contributed by atoms with Crippen molar-refractivity contribution < 1.29 is 9.59 Å². The summed E-state index contributed by atoms with van der Waals surface area (Å²) in [5.74, 6) is -0.307. The second-order valence-electron chi connectivity index (χ2n) is 4.97. The summed E-state index contributed by atoms with van der Waals surface area (Å²) in [6.07, 6.45) is 3.12. The van der Waals surface area contributed by atoms with Gasteiger partial charge in [0.25, 0.3) is 0 Å². The van der Waals surface area contributed by atoms with Gasteiger partial charge in [0.05, 0.1) is 0 Å². The third kappa shape index (κ3) is 4.30. The van der Waals surface area contributed by atoms with Crippen molar-refractivity contribution >= 4 is 35.1 Å². The highest BCUT2D eigenvalue weighted by atomic mass is 35.5. The normalized spacial score (nSPS) is 10.7. The van der Waals surface area contributed by atoms with Crippen LogP contribution in [0.1, 0.15) is 28.4 Å². The number of ketones is 1. The maximum absolute atomic E-state index is 11.9. The highest BCUT2D eigenvalue weighted by Gasteiger charge is 2.02. The molecule has 0 fully saturated rings. The summed E-state index contributed by atoms with van der Waals surface area (Å²) in [5.41, 5.74) is 2.99. The Morgan fingerprint density at radius 3 is 2.59 bits per heavy atom. The van der Waals surface area contributed by atoms with Gasteiger partial charge >= 0.3 is 0 Å². The van der Waals surface area contributed by atoms with E-state index in [1.54, 1.807) is 36.4 Å². The van der Waals surface area contributed by atoms with Crippen molar-refractivity contribution in [2.45, 2.75) is 13.8 Å². The molecule has 2 rings (SSSR count). The van der Waals surface area contributed by atoms with Gasteiger partial charge in [0.15, 0.2) is 5.78 Å². The molecule has 112 valence electrons. The predicted molar refractivity (Wildman–Crippen MR) is 90.3 cm³/mol. The molecule has 0 radical (unpaired) electrons. The van der Waals surface area contributed by atoms with Crippen molar-refractivity contribution in [1.29, 1.82) is 0 Å². The van der Waals surface area contributed by atoms with E-state index in [9.17, 15) is 9.59 Å². The Bertz CT molecular complexity index is 751. The maximum Gasteiger partial charge on any atom is 0.248 e. The van der Waals surface area contributed by atoms with E-state index in [4.69, 9.17) is 11.6 Å². The van der Waals surface area contributed by atoms with Crippen LogP contribution >= 0.6 is 11.6 Å². The zero-order valence-electron chi connectivity index (χ0n) is 12.4. The Hall–Kier alpha value is -2.39. The molecule has 22 heavy (non-hydrogen) atoms. The lowest BCUT2D eigenvalue weighted by Gasteiger charge is -2.04. The molecule has 4 heteroatoms. The molecule has 0 aromatic heterocycles. The summed E-state index contributed by atoms with van der Waals surface area (Å²) >= 11 is 6.04. The Balaban J connectivity index is 2.06. The van der Waals surface area contributed by atoms with E-state index in [-0.39, 0.29) is 11.7 Å². The lowest BCUT2D eigenvalue weighted by Crippen LogP contribution is -2.08. The topological polar surface area (TPSA) is 46.2 Å². The number of nitrogens with one attached hydrogen (secondary N) is 1. The second kappa shape index (κ2) is 7.05. The first-order valence-corrected chi connectivity index (χ1v) is 7.20. The van der Waals surface area contributed by atoms with E-state index >= 15 is 0 Å². The number of aryl methyl sites for hydroxylation is 1. The van der Waals surface area contributed by atoms with Crippen molar-refractivity contribution in [2.75, 3.05) is 5.32 Å². The molecule has 0 spiro atoms. The van der Waals surface area contributed by atoms with Gasteiger partial charge < -0.3 is 5.32 Å². The van der Waals surface area contributed by atoms with Crippen molar-refractivity contribution in [2.24, 2.45) is 0 Å². The Kier molecular flexibility index (Phi) is 5.12. The van der Waals surface area contributed by atoms with E-state index < -0.39 is 0 Å². The van der Waals surface area contributed by atoms with Crippen LogP contribution in [0.25, 0.3) is 6.08 Å². The molecule has 0 aliphatic carbocycles. The van der Waals surface area contributed by atoms with Gasteiger partial charge in [0.1, 0.15) is 0 Å². The van der Waals surface area contributed by atoms with Crippen LogP contribution in [-0.2, 0) is 4.79 Å². The Morgan fingerprint density at radius 1 is 1.14 bits per heavy atom. The fourth-order valence-electron chi connectivity index (χ4n) is 1.88. The highest BCUT2D eigenvalue weighted by molar-refractivity contribution is 6.31. The van der Waals surface area contributed by atoms with Crippen LogP contribution in [0.4, 0.5) is 5.69 Å². The number of amides is 1. The van der Waals surface area contributed by atoms with Crippen molar-refractivity contribution in [3.63, 3.8) is 0 Å². The number of hydrogen-bond acceptors (Lipinski definition) is 2. The number of hydrogen-bond donors (Lipinski definition) is 1. The molecule has 2 aromatic rings. The second-order valence-corrected chi connectivity index (χ2v) is 5.38. The lowest BCUT2D eigenvalue weighted by molar-refractivity contribution is -0.111. The molecule has 1 amide bonds. The van der Waals surface area contributed by atoms with Gasteiger partial charge in [-0.05, 0) is 49.2 Å². The van der Waals surface area contributed by atoms with Gasteiger partial charge in [-0.15, -0.1) is 0 Å². The van der Waals surface area contributed by atoms with Gasteiger partial charge in [0.2, 0.25) is 5.91 Å². The number of carbonyl (C=O) groups excluding carboxylic acids is 2. The average molecular weight is 314 g/mol. The third-order valence-corrected chi connectivity index (χ3v) is 3.57. The number of rotatable bonds is 4. The lowest BCUT2D eigenvalue weighted by atomic mass is 10.1. The van der Waals surface area contributed by atoms with Gasteiger partial charge in [-0.1, -0.05) is 35.9 Å². The largest absolute Gasteiger partial charge is 0.322 e. The van der Waals surface area contributed by atoms with Crippen LogP contribution in [0.2, 0.25) is 5.02 Å². The molecule has 0 aliphatic rings. The average Bonchev–Trinajstić information content (AvgIpc) is 2.49. The molecule has 0 unspecified atom stereocenters. The molecule has 3 nitrogen and oxygen atoms in total. The summed E-state index contributed by atoms with van der Waals surface area (Å²) in [5, 5.41) is 3.39. The number of carbonyl (C=O) groups is 2. The number of halogens is 1. The SMILES string of the molecule is CC(=O)c1cccc(NC(=O)/C=C/c2ccc(C)c(Cl)c2)c1.